The molecule has 0 aromatic rings. The third kappa shape index (κ3) is 0.742. The number of cyclic esters (lactones) is 1. The highest BCUT2D eigenvalue weighted by Crippen LogP contribution is 1.98. The van der Waals surface area contributed by atoms with Crippen molar-refractivity contribution in [3.63, 3.8) is 0 Å². The molecule has 1 rings (SSSR count). The molecule has 2 N–H and O–H groups in total. The van der Waals surface area contributed by atoms with Gasteiger partial charge in [-0.3, -0.25) is 4.90 Å². The van der Waals surface area contributed by atoms with Gasteiger partial charge in [-0.1, -0.05) is 0 Å². The number of carbonyl (C=O) groups is 1. The molecule has 0 aromatic carbocycles. The zero-order valence-electron chi connectivity index (χ0n) is 4.46. The Morgan fingerprint density at radius 2 is 2.62 bits per heavy atom. The molecule has 1 heterocycles. The molecular weight excluding hydrogens is 108 g/mol. The Labute approximate surface area is 47.2 Å². The van der Waals surface area contributed by atoms with Crippen molar-refractivity contribution in [2.75, 3.05) is 19.8 Å². The Kier molecular flexibility index (Phi) is 1.34. The van der Waals surface area contributed by atoms with Crippen LogP contribution in [0, 0.1) is 0 Å². The largest absolute Gasteiger partial charge is 0.447 e. The number of ether oxygens (including phenoxy) is 1. The Morgan fingerprint density at radius 1 is 1.88 bits per heavy atom. The van der Waals surface area contributed by atoms with Crippen molar-refractivity contribution in [1.29, 1.82) is 0 Å². The van der Waals surface area contributed by atoms with Crippen LogP contribution in [0.5, 0.6) is 0 Å². The van der Waals surface area contributed by atoms with Crippen molar-refractivity contribution in [1.82, 2.24) is 4.90 Å². The summed E-state index contributed by atoms with van der Waals surface area (Å²) in [5.74, 6) is 0. The van der Waals surface area contributed by atoms with Crippen molar-refractivity contribution >= 4 is 6.09 Å². The minimum Gasteiger partial charge on any atom is -0.447 e. The molecule has 4 heteroatoms. The molecule has 46 valence electrons. The molecule has 0 aromatic heterocycles. The van der Waals surface area contributed by atoms with E-state index in [4.69, 9.17) is 5.73 Å². The molecule has 0 atom stereocenters. The van der Waals surface area contributed by atoms with Gasteiger partial charge in [0.25, 0.3) is 0 Å². The zero-order valence-corrected chi connectivity index (χ0v) is 4.46. The molecule has 0 aliphatic carbocycles. The van der Waals surface area contributed by atoms with Gasteiger partial charge < -0.3 is 10.5 Å². The highest BCUT2D eigenvalue weighted by atomic mass is 16.6. The van der Waals surface area contributed by atoms with E-state index in [0.29, 0.717) is 13.2 Å². The minimum absolute atomic E-state index is 0.263. The van der Waals surface area contributed by atoms with Crippen LogP contribution in [0.25, 0.3) is 0 Å². The number of hydrogen-bond donors (Lipinski definition) is 1. The maximum atomic E-state index is 10.4. The number of nitrogens with two attached hydrogens (primary N) is 1. The molecule has 1 amide bonds. The van der Waals surface area contributed by atoms with Crippen molar-refractivity contribution in [2.45, 2.75) is 0 Å². The summed E-state index contributed by atoms with van der Waals surface area (Å²) in [7, 11) is 0. The molecule has 8 heavy (non-hydrogen) atoms. The van der Waals surface area contributed by atoms with Crippen LogP contribution < -0.4 is 5.73 Å². The predicted octanol–water partition coefficient (Wildman–Crippen LogP) is -0.645. The van der Waals surface area contributed by atoms with E-state index in [9.17, 15) is 4.79 Å². The Balaban J connectivity index is 2.42. The van der Waals surface area contributed by atoms with Gasteiger partial charge in [0, 0.05) is 0 Å². The summed E-state index contributed by atoms with van der Waals surface area (Å²) in [5.41, 5.74) is 5.15. The summed E-state index contributed by atoms with van der Waals surface area (Å²) in [5, 5.41) is 0. The maximum Gasteiger partial charge on any atom is 0.410 e. The van der Waals surface area contributed by atoms with Gasteiger partial charge in [-0.05, 0) is 0 Å². The fourth-order valence-electron chi connectivity index (χ4n) is 0.592. The summed E-state index contributed by atoms with van der Waals surface area (Å²) in [6, 6.07) is 0. The fraction of sp³-hybridized carbons (Fsp3) is 0.750. The lowest BCUT2D eigenvalue weighted by molar-refractivity contribution is 0.159. The number of hydrogen-bond acceptors (Lipinski definition) is 3. The lowest BCUT2D eigenvalue weighted by atomic mass is 10.6. The Morgan fingerprint density at radius 3 is 2.88 bits per heavy atom. The normalized spacial score (nSPS) is 19.1. The van der Waals surface area contributed by atoms with Gasteiger partial charge in [-0.2, -0.15) is 0 Å². The lowest BCUT2D eigenvalue weighted by Crippen LogP contribution is -2.30. The summed E-state index contributed by atoms with van der Waals surface area (Å²) < 4.78 is 4.56. The second kappa shape index (κ2) is 2.00. The molecule has 0 bridgehead atoms. The molecule has 4 nitrogen and oxygen atoms in total. The summed E-state index contributed by atoms with van der Waals surface area (Å²) in [6.45, 7) is 1.38. The molecule has 0 spiro atoms. The lowest BCUT2D eigenvalue weighted by Gasteiger charge is -2.05. The number of rotatable bonds is 1. The van der Waals surface area contributed by atoms with Crippen LogP contribution in [0.4, 0.5) is 4.79 Å². The second-order valence-electron chi connectivity index (χ2n) is 1.56. The van der Waals surface area contributed by atoms with E-state index in [0.717, 1.165) is 0 Å². The minimum atomic E-state index is -0.299. The monoisotopic (exact) mass is 116 g/mol. The Bertz CT molecular complexity index is 104. The van der Waals surface area contributed by atoms with Crippen LogP contribution >= 0.6 is 0 Å². The van der Waals surface area contributed by atoms with E-state index in [-0.39, 0.29) is 12.8 Å². The van der Waals surface area contributed by atoms with Crippen LogP contribution in [0.15, 0.2) is 0 Å². The van der Waals surface area contributed by atoms with Gasteiger partial charge in [0.1, 0.15) is 6.61 Å². The van der Waals surface area contributed by atoms with E-state index < -0.39 is 0 Å². The highest BCUT2D eigenvalue weighted by Gasteiger charge is 2.19. The third-order valence-corrected chi connectivity index (χ3v) is 1.07. The molecule has 1 fully saturated rings. The summed E-state index contributed by atoms with van der Waals surface area (Å²) in [4.78, 5) is 11.9. The average molecular weight is 116 g/mol. The molecule has 0 unspecified atom stereocenters. The van der Waals surface area contributed by atoms with E-state index in [1.165, 1.54) is 4.90 Å². The van der Waals surface area contributed by atoms with Crippen molar-refractivity contribution in [2.24, 2.45) is 5.73 Å². The van der Waals surface area contributed by atoms with E-state index >= 15 is 0 Å². The van der Waals surface area contributed by atoms with Crippen LogP contribution in [-0.4, -0.2) is 30.8 Å². The first-order valence-electron chi connectivity index (χ1n) is 2.46. The number of amides is 1. The number of nitrogens with zero attached hydrogens (tertiary/aromatic N) is 1. The van der Waals surface area contributed by atoms with Gasteiger partial charge in [0.2, 0.25) is 0 Å². The predicted molar refractivity (Wildman–Crippen MR) is 27.1 cm³/mol. The van der Waals surface area contributed by atoms with Crippen LogP contribution in [0.2, 0.25) is 0 Å². The smallest absolute Gasteiger partial charge is 0.410 e. The molecule has 0 radical (unpaired) electrons. The third-order valence-electron chi connectivity index (χ3n) is 1.07. The topological polar surface area (TPSA) is 55.6 Å². The first-order valence-corrected chi connectivity index (χ1v) is 2.46. The van der Waals surface area contributed by atoms with Crippen molar-refractivity contribution in [3.8, 4) is 0 Å². The van der Waals surface area contributed by atoms with E-state index in [1.54, 1.807) is 0 Å². The second-order valence-corrected chi connectivity index (χ2v) is 1.56. The van der Waals surface area contributed by atoms with E-state index in [1.807, 2.05) is 0 Å². The van der Waals surface area contributed by atoms with Crippen LogP contribution in [-0.2, 0) is 4.74 Å². The van der Waals surface area contributed by atoms with Crippen LogP contribution in [0.3, 0.4) is 0 Å². The number of carbonyl (C=O) groups excluding carboxylic acids is 1. The molecular formula is C4H8N2O2. The maximum absolute atomic E-state index is 10.4. The quantitative estimate of drug-likeness (QED) is 0.495. The van der Waals surface area contributed by atoms with Gasteiger partial charge in [0.05, 0.1) is 13.2 Å². The highest BCUT2D eigenvalue weighted by molar-refractivity contribution is 5.69. The standard InChI is InChI=1S/C4H8N2O2/c5-3-6-1-2-8-4(6)7/h1-3,5H2. The molecule has 1 saturated heterocycles. The van der Waals surface area contributed by atoms with Gasteiger partial charge >= 0.3 is 6.09 Å². The Hall–Kier alpha value is -0.770. The van der Waals surface area contributed by atoms with E-state index in [2.05, 4.69) is 4.74 Å². The molecule has 0 saturated carbocycles. The van der Waals surface area contributed by atoms with Crippen molar-refractivity contribution < 1.29 is 9.53 Å². The van der Waals surface area contributed by atoms with Crippen LogP contribution in [0.1, 0.15) is 0 Å². The molecule has 1 aliphatic heterocycles. The first kappa shape index (κ1) is 5.37. The van der Waals surface area contributed by atoms with Gasteiger partial charge in [-0.15, -0.1) is 0 Å². The molecule has 1 aliphatic rings. The fourth-order valence-corrected chi connectivity index (χ4v) is 0.592. The summed E-state index contributed by atoms with van der Waals surface area (Å²) >= 11 is 0. The van der Waals surface area contributed by atoms with Gasteiger partial charge in [-0.25, -0.2) is 4.79 Å². The average Bonchev–Trinajstić information content (AvgIpc) is 2.14. The van der Waals surface area contributed by atoms with Gasteiger partial charge in [0.15, 0.2) is 0 Å². The van der Waals surface area contributed by atoms with Crippen molar-refractivity contribution in [3.05, 3.63) is 0 Å². The zero-order chi connectivity index (χ0) is 5.98. The first-order chi connectivity index (χ1) is 3.84. The SMILES string of the molecule is NCN1CCOC1=O. The summed E-state index contributed by atoms with van der Waals surface area (Å²) in [6.07, 6.45) is -0.299.